The van der Waals surface area contributed by atoms with Gasteiger partial charge in [-0.3, -0.25) is 9.59 Å². The van der Waals surface area contributed by atoms with Crippen molar-refractivity contribution in [3.63, 3.8) is 0 Å². The predicted molar refractivity (Wildman–Crippen MR) is 152 cm³/mol. The minimum Gasteiger partial charge on any atom is -0.361 e. The van der Waals surface area contributed by atoms with Gasteiger partial charge in [0.15, 0.2) is 0 Å². The third-order valence-electron chi connectivity index (χ3n) is 7.54. The number of alkyl halides is 3. The van der Waals surface area contributed by atoms with Crippen molar-refractivity contribution < 1.29 is 22.8 Å². The maximum atomic E-state index is 13.2. The Hall–Kier alpha value is -4.85. The van der Waals surface area contributed by atoms with Crippen LogP contribution in [-0.2, 0) is 30.4 Å². The van der Waals surface area contributed by atoms with Crippen LogP contribution in [0.15, 0.2) is 97.2 Å². The van der Waals surface area contributed by atoms with Crippen molar-refractivity contribution in [3.8, 4) is 11.1 Å². The number of hydrogen-bond donors (Lipinski definition) is 2. The highest BCUT2D eigenvalue weighted by atomic mass is 19.4. The summed E-state index contributed by atoms with van der Waals surface area (Å²) in [5.41, 5.74) is 5.39. The zero-order valence-corrected chi connectivity index (χ0v) is 22.0. The van der Waals surface area contributed by atoms with E-state index >= 15 is 0 Å². The van der Waals surface area contributed by atoms with Gasteiger partial charge in [0.1, 0.15) is 0 Å². The molecule has 5 aromatic rings. The summed E-state index contributed by atoms with van der Waals surface area (Å²) in [6.07, 6.45) is -1.54. The topological polar surface area (TPSA) is 65.2 Å². The van der Waals surface area contributed by atoms with Crippen LogP contribution >= 0.6 is 0 Å². The molecule has 206 valence electrons. The van der Waals surface area contributed by atoms with E-state index in [1.54, 1.807) is 24.3 Å². The highest BCUT2D eigenvalue weighted by Gasteiger charge is 2.30. The van der Waals surface area contributed by atoms with Crippen molar-refractivity contribution >= 4 is 28.4 Å². The maximum absolute atomic E-state index is 13.2. The zero-order chi connectivity index (χ0) is 28.6. The fraction of sp³-hybridized carbons (Fsp3) is 0.152. The average Bonchev–Trinajstić information content (AvgIpc) is 3.39. The van der Waals surface area contributed by atoms with Crippen LogP contribution in [0.5, 0.6) is 0 Å². The van der Waals surface area contributed by atoms with Crippen LogP contribution in [0.4, 0.5) is 18.9 Å². The Balaban J connectivity index is 1.14. The second-order valence-corrected chi connectivity index (χ2v) is 10.2. The summed E-state index contributed by atoms with van der Waals surface area (Å²) in [6, 6.07) is 25.2. The van der Waals surface area contributed by atoms with Crippen LogP contribution in [0.2, 0.25) is 0 Å². The molecule has 5 nitrogen and oxygen atoms in total. The van der Waals surface area contributed by atoms with Crippen molar-refractivity contribution in [3.05, 3.63) is 125 Å². The molecule has 1 aromatic heterocycles. The number of aromatic amines is 1. The predicted octanol–water partition coefficient (Wildman–Crippen LogP) is 7.23. The van der Waals surface area contributed by atoms with Gasteiger partial charge in [0.2, 0.25) is 5.91 Å². The first-order chi connectivity index (χ1) is 19.8. The summed E-state index contributed by atoms with van der Waals surface area (Å²) in [5, 5.41) is 3.99. The molecule has 8 heteroatoms. The van der Waals surface area contributed by atoms with Gasteiger partial charge in [-0.2, -0.15) is 13.2 Å². The van der Waals surface area contributed by atoms with Crippen LogP contribution in [0, 0.1) is 0 Å². The van der Waals surface area contributed by atoms with Crippen LogP contribution < -0.4 is 5.32 Å². The molecule has 0 atom stereocenters. The van der Waals surface area contributed by atoms with Gasteiger partial charge < -0.3 is 15.2 Å². The van der Waals surface area contributed by atoms with E-state index in [0.29, 0.717) is 48.3 Å². The summed E-state index contributed by atoms with van der Waals surface area (Å²) in [7, 11) is 0. The van der Waals surface area contributed by atoms with E-state index < -0.39 is 11.7 Å². The van der Waals surface area contributed by atoms with Crippen molar-refractivity contribution in [2.24, 2.45) is 0 Å². The molecule has 0 bridgehead atoms. The fourth-order valence-electron chi connectivity index (χ4n) is 5.37. The molecule has 0 fully saturated rings. The smallest absolute Gasteiger partial charge is 0.361 e. The van der Waals surface area contributed by atoms with E-state index in [1.807, 2.05) is 53.6 Å². The van der Waals surface area contributed by atoms with E-state index in [-0.39, 0.29) is 11.8 Å². The van der Waals surface area contributed by atoms with E-state index in [2.05, 4.69) is 10.3 Å². The van der Waals surface area contributed by atoms with Gasteiger partial charge in [-0.15, -0.1) is 0 Å². The van der Waals surface area contributed by atoms with Gasteiger partial charge >= 0.3 is 6.18 Å². The SMILES string of the molecule is O=C(Nc1ccc2c(c1)CCN(C(=O)Cc1c[nH]c3ccccc13)C2)c1ccccc1-c1ccc(C(F)(F)F)cc1. The summed E-state index contributed by atoms with van der Waals surface area (Å²) in [6.45, 7) is 1.09. The number of carbonyl (C=O) groups is 2. The second kappa shape index (κ2) is 10.6. The Morgan fingerprint density at radius 3 is 2.44 bits per heavy atom. The number of hydrogen-bond acceptors (Lipinski definition) is 2. The van der Waals surface area contributed by atoms with E-state index in [1.165, 1.54) is 12.1 Å². The average molecular weight is 554 g/mol. The molecule has 0 radical (unpaired) electrons. The number of aromatic nitrogens is 1. The second-order valence-electron chi connectivity index (χ2n) is 10.2. The molecular weight excluding hydrogens is 527 g/mol. The number of fused-ring (bicyclic) bond motifs is 2. The quantitative estimate of drug-likeness (QED) is 0.241. The number of halogens is 3. The van der Waals surface area contributed by atoms with Crippen molar-refractivity contribution in [2.45, 2.75) is 25.6 Å². The van der Waals surface area contributed by atoms with Crippen LogP contribution in [0.1, 0.15) is 32.6 Å². The summed E-state index contributed by atoms with van der Waals surface area (Å²) in [5.74, 6) is -0.288. The molecule has 6 rings (SSSR count). The lowest BCUT2D eigenvalue weighted by Gasteiger charge is -2.29. The number of amides is 2. The first kappa shape index (κ1) is 26.4. The third-order valence-corrected chi connectivity index (χ3v) is 7.54. The number of nitrogens with zero attached hydrogens (tertiary/aromatic N) is 1. The monoisotopic (exact) mass is 553 g/mol. The lowest BCUT2D eigenvalue weighted by molar-refractivity contribution is -0.137. The number of rotatable bonds is 5. The van der Waals surface area contributed by atoms with E-state index in [0.717, 1.165) is 39.7 Å². The summed E-state index contributed by atoms with van der Waals surface area (Å²) in [4.78, 5) is 31.4. The van der Waals surface area contributed by atoms with Crippen molar-refractivity contribution in [1.82, 2.24) is 9.88 Å². The molecule has 2 N–H and O–H groups in total. The largest absolute Gasteiger partial charge is 0.416 e. The van der Waals surface area contributed by atoms with Crippen LogP contribution in [-0.4, -0.2) is 28.2 Å². The lowest BCUT2D eigenvalue weighted by atomic mass is 9.97. The number of benzene rings is 4. The Morgan fingerprint density at radius 1 is 0.878 bits per heavy atom. The zero-order valence-electron chi connectivity index (χ0n) is 22.0. The normalized spacial score (nSPS) is 13.2. The molecular formula is C33H26F3N3O2. The molecule has 0 saturated heterocycles. The minimum atomic E-state index is -4.43. The summed E-state index contributed by atoms with van der Waals surface area (Å²) >= 11 is 0. The number of H-pyrrole nitrogens is 1. The molecule has 2 heterocycles. The summed E-state index contributed by atoms with van der Waals surface area (Å²) < 4.78 is 39.0. The van der Waals surface area contributed by atoms with Gasteiger partial charge in [0.25, 0.3) is 5.91 Å². The Morgan fingerprint density at radius 2 is 1.63 bits per heavy atom. The molecule has 0 unspecified atom stereocenters. The first-order valence-electron chi connectivity index (χ1n) is 13.3. The number of carbonyl (C=O) groups excluding carboxylic acids is 2. The van der Waals surface area contributed by atoms with Crippen LogP contribution in [0.3, 0.4) is 0 Å². The number of nitrogens with one attached hydrogen (secondary N) is 2. The molecule has 1 aliphatic heterocycles. The van der Waals surface area contributed by atoms with E-state index in [9.17, 15) is 22.8 Å². The molecule has 4 aromatic carbocycles. The Labute approximate surface area is 234 Å². The van der Waals surface area contributed by atoms with Gasteiger partial charge in [-0.05, 0) is 70.6 Å². The minimum absolute atomic E-state index is 0.0673. The standard InChI is InChI=1S/C33H26F3N3O2/c34-33(35,36)25-12-9-21(10-13-25)27-5-1-2-7-29(27)32(41)38-26-14-11-23-20-39(16-15-22(23)17-26)31(40)18-24-19-37-30-8-4-3-6-28(24)30/h1-14,17,19,37H,15-16,18,20H2,(H,38,41). The highest BCUT2D eigenvalue weighted by Crippen LogP contribution is 2.32. The molecule has 0 spiro atoms. The van der Waals surface area contributed by atoms with Gasteiger partial charge in [0.05, 0.1) is 12.0 Å². The Kier molecular flexibility index (Phi) is 6.83. The van der Waals surface area contributed by atoms with Crippen LogP contribution in [0.25, 0.3) is 22.0 Å². The lowest BCUT2D eigenvalue weighted by Crippen LogP contribution is -2.36. The van der Waals surface area contributed by atoms with Crippen molar-refractivity contribution in [1.29, 1.82) is 0 Å². The highest BCUT2D eigenvalue weighted by molar-refractivity contribution is 6.08. The van der Waals surface area contributed by atoms with Crippen molar-refractivity contribution in [2.75, 3.05) is 11.9 Å². The Bertz CT molecular complexity index is 1760. The maximum Gasteiger partial charge on any atom is 0.416 e. The number of para-hydroxylation sites is 1. The van der Waals surface area contributed by atoms with E-state index in [4.69, 9.17) is 0 Å². The van der Waals surface area contributed by atoms with Gasteiger partial charge in [-0.1, -0.05) is 54.6 Å². The molecule has 1 aliphatic rings. The molecule has 0 aliphatic carbocycles. The van der Waals surface area contributed by atoms with Gasteiger partial charge in [-0.25, -0.2) is 0 Å². The fourth-order valence-corrected chi connectivity index (χ4v) is 5.37. The first-order valence-corrected chi connectivity index (χ1v) is 13.3. The third kappa shape index (κ3) is 5.45. The number of anilines is 1. The molecule has 0 saturated carbocycles. The van der Waals surface area contributed by atoms with Gasteiger partial charge in [0, 0.05) is 41.4 Å². The molecule has 41 heavy (non-hydrogen) atoms. The molecule has 2 amide bonds.